The van der Waals surface area contributed by atoms with E-state index < -0.39 is 9.73 Å². The highest BCUT2D eigenvalue weighted by Crippen LogP contribution is 2.58. The molecular formula is C17H17NO2S. The highest BCUT2D eigenvalue weighted by atomic mass is 32.2. The van der Waals surface area contributed by atoms with Crippen LogP contribution < -0.4 is 0 Å². The second-order valence-electron chi connectivity index (χ2n) is 5.90. The first kappa shape index (κ1) is 13.0. The lowest BCUT2D eigenvalue weighted by atomic mass is 9.80. The second kappa shape index (κ2) is 4.42. The van der Waals surface area contributed by atoms with Crippen LogP contribution in [0.3, 0.4) is 0 Å². The van der Waals surface area contributed by atoms with Crippen molar-refractivity contribution in [2.45, 2.75) is 29.4 Å². The zero-order valence-electron chi connectivity index (χ0n) is 11.8. The normalized spacial score (nSPS) is 29.1. The number of nitrogens with one attached hydrogen (secondary N) is 1. The van der Waals surface area contributed by atoms with Gasteiger partial charge in [0.2, 0.25) is 0 Å². The van der Waals surface area contributed by atoms with Crippen molar-refractivity contribution in [3.8, 4) is 0 Å². The minimum Gasteiger partial charge on any atom is -0.365 e. The van der Waals surface area contributed by atoms with E-state index in [1.165, 1.54) is 17.4 Å². The fourth-order valence-corrected chi connectivity index (χ4v) is 4.67. The molecule has 0 saturated carbocycles. The van der Waals surface area contributed by atoms with Crippen molar-refractivity contribution in [3.05, 3.63) is 65.2 Å². The monoisotopic (exact) mass is 299 g/mol. The minimum atomic E-state index is -2.72. The zero-order chi connectivity index (χ0) is 14.6. The first-order valence-corrected chi connectivity index (χ1v) is 9.09. The largest absolute Gasteiger partial charge is 0.365 e. The van der Waals surface area contributed by atoms with Crippen LogP contribution in [0.2, 0.25) is 0 Å². The molecular weight excluding hydrogens is 282 g/mol. The van der Waals surface area contributed by atoms with Gasteiger partial charge in [0.1, 0.15) is 0 Å². The van der Waals surface area contributed by atoms with Crippen LogP contribution in [0.25, 0.3) is 0 Å². The van der Waals surface area contributed by atoms with Crippen LogP contribution in [0.4, 0.5) is 0 Å². The summed E-state index contributed by atoms with van der Waals surface area (Å²) in [4.78, 5) is 0.656. The van der Waals surface area contributed by atoms with Gasteiger partial charge < -0.3 is 4.74 Å². The van der Waals surface area contributed by atoms with Gasteiger partial charge in [-0.1, -0.05) is 42.5 Å². The molecule has 108 valence electrons. The van der Waals surface area contributed by atoms with Crippen molar-refractivity contribution < 1.29 is 8.95 Å². The van der Waals surface area contributed by atoms with Crippen molar-refractivity contribution in [2.75, 3.05) is 6.26 Å². The van der Waals surface area contributed by atoms with Crippen molar-refractivity contribution in [2.24, 2.45) is 0 Å². The first-order valence-electron chi connectivity index (χ1n) is 7.13. The van der Waals surface area contributed by atoms with Gasteiger partial charge >= 0.3 is 0 Å². The maximum absolute atomic E-state index is 12.2. The Balaban J connectivity index is 1.82. The van der Waals surface area contributed by atoms with E-state index in [9.17, 15) is 4.21 Å². The molecule has 2 heterocycles. The molecule has 1 saturated heterocycles. The average Bonchev–Trinajstić information content (AvgIpc) is 3.06. The van der Waals surface area contributed by atoms with Gasteiger partial charge in [0.25, 0.3) is 0 Å². The van der Waals surface area contributed by atoms with Gasteiger partial charge in [-0.2, -0.15) is 0 Å². The van der Waals surface area contributed by atoms with Gasteiger partial charge in [-0.25, -0.2) is 8.99 Å². The maximum Gasteiger partial charge on any atom is 0.0906 e. The molecule has 4 rings (SSSR count). The highest BCUT2D eigenvalue weighted by Gasteiger charge is 2.46. The zero-order valence-corrected chi connectivity index (χ0v) is 12.6. The molecule has 4 atom stereocenters. The molecule has 0 aromatic heterocycles. The molecule has 2 bridgehead atoms. The van der Waals surface area contributed by atoms with Gasteiger partial charge in [-0.05, 0) is 29.2 Å². The molecule has 4 heteroatoms. The average molecular weight is 299 g/mol. The fourth-order valence-electron chi connectivity index (χ4n) is 3.67. The molecule has 3 nitrogen and oxygen atoms in total. The van der Waals surface area contributed by atoms with Crippen LogP contribution in [0.1, 0.15) is 41.2 Å². The molecule has 1 N–H and O–H groups in total. The quantitative estimate of drug-likeness (QED) is 0.910. The Morgan fingerprint density at radius 1 is 1.05 bits per heavy atom. The Labute approximate surface area is 124 Å². The van der Waals surface area contributed by atoms with Crippen molar-refractivity contribution >= 4 is 9.73 Å². The SMILES string of the molecule is CS(=N)(=O)c1ccccc1[C@@H]1C[C@@H]2O[C@H]1c1ccccc12. The molecule has 0 amide bonds. The Hall–Kier alpha value is -1.65. The predicted molar refractivity (Wildman–Crippen MR) is 81.9 cm³/mol. The summed E-state index contributed by atoms with van der Waals surface area (Å²) in [6.45, 7) is 0. The van der Waals surface area contributed by atoms with Crippen molar-refractivity contribution in [3.63, 3.8) is 0 Å². The van der Waals surface area contributed by atoms with Crippen LogP contribution in [-0.2, 0) is 14.5 Å². The third-order valence-electron chi connectivity index (χ3n) is 4.53. The van der Waals surface area contributed by atoms with Gasteiger partial charge in [0.05, 0.1) is 26.8 Å². The van der Waals surface area contributed by atoms with Crippen LogP contribution in [0, 0.1) is 4.78 Å². The van der Waals surface area contributed by atoms with E-state index >= 15 is 0 Å². The van der Waals surface area contributed by atoms with E-state index in [0.717, 1.165) is 12.0 Å². The summed E-state index contributed by atoms with van der Waals surface area (Å²) in [6.07, 6.45) is 2.58. The smallest absolute Gasteiger partial charge is 0.0906 e. The molecule has 0 radical (unpaired) electrons. The van der Waals surface area contributed by atoms with Crippen LogP contribution >= 0.6 is 0 Å². The molecule has 2 aromatic carbocycles. The van der Waals surface area contributed by atoms with E-state index in [-0.39, 0.29) is 18.1 Å². The van der Waals surface area contributed by atoms with Crippen LogP contribution in [0.5, 0.6) is 0 Å². The molecule has 0 spiro atoms. The van der Waals surface area contributed by atoms with E-state index in [0.29, 0.717) is 4.90 Å². The summed E-state index contributed by atoms with van der Waals surface area (Å²) < 4.78 is 26.3. The third-order valence-corrected chi connectivity index (χ3v) is 5.74. The lowest BCUT2D eigenvalue weighted by molar-refractivity contribution is 0.0673. The number of benzene rings is 2. The van der Waals surface area contributed by atoms with Gasteiger partial charge in [0.15, 0.2) is 0 Å². The first-order chi connectivity index (χ1) is 10.1. The Kier molecular flexibility index (Phi) is 2.75. The summed E-state index contributed by atoms with van der Waals surface area (Å²) in [5.41, 5.74) is 3.56. The van der Waals surface area contributed by atoms with Gasteiger partial charge in [-0.15, -0.1) is 0 Å². The van der Waals surface area contributed by atoms with E-state index in [1.807, 2.05) is 30.3 Å². The molecule has 1 unspecified atom stereocenters. The number of hydrogen-bond acceptors (Lipinski definition) is 3. The number of rotatable bonds is 2. The third kappa shape index (κ3) is 1.93. The Bertz CT molecular complexity index is 813. The number of hydrogen-bond donors (Lipinski definition) is 1. The lowest BCUT2D eigenvalue weighted by Gasteiger charge is -2.23. The van der Waals surface area contributed by atoms with Gasteiger partial charge in [0, 0.05) is 12.2 Å². The minimum absolute atomic E-state index is 0.0362. The number of ether oxygens (including phenoxy) is 1. The number of fused-ring (bicyclic) bond motifs is 5. The lowest BCUT2D eigenvalue weighted by Crippen LogP contribution is -2.12. The second-order valence-corrected chi connectivity index (χ2v) is 8.03. The van der Waals surface area contributed by atoms with E-state index in [1.54, 1.807) is 0 Å². The molecule has 21 heavy (non-hydrogen) atoms. The Morgan fingerprint density at radius 3 is 2.38 bits per heavy atom. The summed E-state index contributed by atoms with van der Waals surface area (Å²) in [5.74, 6) is 0.201. The van der Waals surface area contributed by atoms with E-state index in [4.69, 9.17) is 9.52 Å². The van der Waals surface area contributed by atoms with Crippen LogP contribution in [0.15, 0.2) is 53.4 Å². The van der Waals surface area contributed by atoms with Crippen molar-refractivity contribution in [1.29, 1.82) is 4.78 Å². The summed E-state index contributed by atoms with van der Waals surface area (Å²) in [5, 5.41) is 0. The standard InChI is InChI=1S/C17H17NO2S/c1-21(18,19)16-9-5-4-7-12(16)14-10-15-11-6-2-3-8-13(11)17(14)20-15/h2-9,14-15,17-18H,10H2,1H3/t14-,15-,17-,21?/m0/s1. The summed E-state index contributed by atoms with van der Waals surface area (Å²) in [7, 11) is -2.72. The van der Waals surface area contributed by atoms with E-state index in [2.05, 4.69) is 18.2 Å². The van der Waals surface area contributed by atoms with Crippen molar-refractivity contribution in [1.82, 2.24) is 0 Å². The fraction of sp³-hybridized carbons (Fsp3) is 0.294. The maximum atomic E-state index is 12.2. The molecule has 0 aliphatic carbocycles. The molecule has 1 fully saturated rings. The van der Waals surface area contributed by atoms with Gasteiger partial charge in [-0.3, -0.25) is 0 Å². The molecule has 2 aromatic rings. The summed E-state index contributed by atoms with van der Waals surface area (Å²) in [6, 6.07) is 16.0. The predicted octanol–water partition coefficient (Wildman–Crippen LogP) is 4.02. The van der Waals surface area contributed by atoms with Crippen LogP contribution in [-0.4, -0.2) is 10.5 Å². The Morgan fingerprint density at radius 2 is 1.67 bits per heavy atom. The molecule has 2 aliphatic rings. The molecule has 2 aliphatic heterocycles. The highest BCUT2D eigenvalue weighted by molar-refractivity contribution is 7.91. The topological polar surface area (TPSA) is 50.2 Å². The summed E-state index contributed by atoms with van der Waals surface area (Å²) >= 11 is 0.